The lowest BCUT2D eigenvalue weighted by molar-refractivity contribution is -0.126. The zero-order valence-corrected chi connectivity index (χ0v) is 14.8. The highest BCUT2D eigenvalue weighted by molar-refractivity contribution is 5.79. The molecule has 1 heterocycles. The molecule has 4 nitrogen and oxygen atoms in total. The van der Waals surface area contributed by atoms with E-state index in [1.54, 1.807) is 6.20 Å². The lowest BCUT2D eigenvalue weighted by Gasteiger charge is -2.28. The summed E-state index contributed by atoms with van der Waals surface area (Å²) in [6.45, 7) is 2.08. The van der Waals surface area contributed by atoms with Crippen LogP contribution < -0.4 is 11.1 Å². The first kappa shape index (κ1) is 17.6. The number of benzene rings is 1. The van der Waals surface area contributed by atoms with Crippen LogP contribution in [0.15, 0.2) is 48.7 Å². The van der Waals surface area contributed by atoms with Gasteiger partial charge in [-0.05, 0) is 50.3 Å². The van der Waals surface area contributed by atoms with Gasteiger partial charge in [0.15, 0.2) is 0 Å². The Morgan fingerprint density at radius 2 is 2.04 bits per heavy atom. The number of nitrogens with two attached hydrogens (primary N) is 1. The van der Waals surface area contributed by atoms with Crippen LogP contribution in [0.4, 0.5) is 0 Å². The molecule has 0 spiro atoms. The van der Waals surface area contributed by atoms with Gasteiger partial charge < -0.3 is 11.1 Å². The van der Waals surface area contributed by atoms with Crippen molar-refractivity contribution >= 4 is 5.91 Å². The second kappa shape index (κ2) is 8.26. The molecular formula is C21H27N3O. The summed E-state index contributed by atoms with van der Waals surface area (Å²) in [5.41, 5.74) is 9.38. The molecule has 3 atom stereocenters. The summed E-state index contributed by atoms with van der Waals surface area (Å²) in [5, 5.41) is 3.23. The van der Waals surface area contributed by atoms with Crippen molar-refractivity contribution in [3.8, 4) is 0 Å². The second-order valence-corrected chi connectivity index (χ2v) is 7.13. The van der Waals surface area contributed by atoms with Gasteiger partial charge in [-0.15, -0.1) is 0 Å². The third kappa shape index (κ3) is 4.89. The van der Waals surface area contributed by atoms with Gasteiger partial charge in [0, 0.05) is 18.2 Å². The Bertz CT molecular complexity index is 684. The van der Waals surface area contributed by atoms with Crippen molar-refractivity contribution in [3.63, 3.8) is 0 Å². The molecule has 0 radical (unpaired) electrons. The summed E-state index contributed by atoms with van der Waals surface area (Å²) in [6, 6.07) is 14.3. The molecule has 3 rings (SSSR count). The standard InChI is InChI=1S/C21H27N3O/c1-15-8-10-16(11-9-15)13-20(19-7-2-3-12-23-19)24-21(25)17-5-4-6-18(22)14-17/h2-3,7-12,17-18,20H,4-6,13-14,22H2,1H3,(H,24,25). The summed E-state index contributed by atoms with van der Waals surface area (Å²) >= 11 is 0. The number of nitrogens with zero attached hydrogens (tertiary/aromatic N) is 1. The average molecular weight is 337 g/mol. The monoisotopic (exact) mass is 337 g/mol. The molecule has 0 bridgehead atoms. The molecule has 1 aromatic heterocycles. The Kier molecular flexibility index (Phi) is 5.82. The van der Waals surface area contributed by atoms with Crippen LogP contribution in [0.5, 0.6) is 0 Å². The van der Waals surface area contributed by atoms with Crippen LogP contribution in [0.3, 0.4) is 0 Å². The fourth-order valence-corrected chi connectivity index (χ4v) is 3.53. The van der Waals surface area contributed by atoms with Crippen molar-refractivity contribution in [3.05, 3.63) is 65.5 Å². The molecule has 3 unspecified atom stereocenters. The van der Waals surface area contributed by atoms with E-state index in [1.807, 2.05) is 18.2 Å². The normalized spacial score (nSPS) is 21.5. The number of hydrogen-bond donors (Lipinski definition) is 2. The minimum atomic E-state index is -0.116. The van der Waals surface area contributed by atoms with E-state index in [4.69, 9.17) is 5.73 Å². The summed E-state index contributed by atoms with van der Waals surface area (Å²) in [6.07, 6.45) is 6.29. The highest BCUT2D eigenvalue weighted by Gasteiger charge is 2.27. The molecule has 3 N–H and O–H groups in total. The molecule has 1 saturated carbocycles. The Morgan fingerprint density at radius 3 is 2.72 bits per heavy atom. The van der Waals surface area contributed by atoms with Crippen molar-refractivity contribution in [2.45, 2.75) is 51.1 Å². The Labute approximate surface area is 149 Å². The lowest BCUT2D eigenvalue weighted by Crippen LogP contribution is -2.40. The summed E-state index contributed by atoms with van der Waals surface area (Å²) in [5.74, 6) is 0.130. The Morgan fingerprint density at radius 1 is 1.24 bits per heavy atom. The van der Waals surface area contributed by atoms with Crippen molar-refractivity contribution in [2.24, 2.45) is 11.7 Å². The molecule has 1 aliphatic carbocycles. The van der Waals surface area contributed by atoms with Crippen molar-refractivity contribution < 1.29 is 4.79 Å². The number of nitrogens with one attached hydrogen (secondary N) is 1. The number of aromatic nitrogens is 1. The van der Waals surface area contributed by atoms with E-state index in [-0.39, 0.29) is 23.9 Å². The zero-order valence-electron chi connectivity index (χ0n) is 14.8. The van der Waals surface area contributed by atoms with E-state index in [0.717, 1.165) is 37.8 Å². The van der Waals surface area contributed by atoms with Crippen LogP contribution in [-0.4, -0.2) is 16.9 Å². The average Bonchev–Trinajstić information content (AvgIpc) is 2.63. The van der Waals surface area contributed by atoms with Crippen LogP contribution >= 0.6 is 0 Å². The molecule has 0 saturated heterocycles. The summed E-state index contributed by atoms with van der Waals surface area (Å²) in [7, 11) is 0. The van der Waals surface area contributed by atoms with E-state index in [0.29, 0.717) is 0 Å². The topological polar surface area (TPSA) is 68.0 Å². The summed E-state index contributed by atoms with van der Waals surface area (Å²) < 4.78 is 0. The first-order valence-corrected chi connectivity index (χ1v) is 9.14. The predicted octanol–water partition coefficient (Wildman–Crippen LogP) is 3.31. The molecule has 2 aromatic rings. The van der Waals surface area contributed by atoms with Gasteiger partial charge in [-0.25, -0.2) is 0 Å². The number of carbonyl (C=O) groups is 1. The molecule has 1 fully saturated rings. The van der Waals surface area contributed by atoms with Gasteiger partial charge >= 0.3 is 0 Å². The number of pyridine rings is 1. The molecule has 132 valence electrons. The maximum absolute atomic E-state index is 12.8. The fraction of sp³-hybridized carbons (Fsp3) is 0.429. The van der Waals surface area contributed by atoms with Crippen LogP contribution in [-0.2, 0) is 11.2 Å². The molecule has 4 heteroatoms. The largest absolute Gasteiger partial charge is 0.347 e. The third-order valence-corrected chi connectivity index (χ3v) is 5.01. The van der Waals surface area contributed by atoms with Gasteiger partial charge in [-0.1, -0.05) is 42.3 Å². The fourth-order valence-electron chi connectivity index (χ4n) is 3.53. The highest BCUT2D eigenvalue weighted by atomic mass is 16.1. The third-order valence-electron chi connectivity index (χ3n) is 5.01. The molecule has 1 amide bonds. The molecular weight excluding hydrogens is 310 g/mol. The van der Waals surface area contributed by atoms with E-state index >= 15 is 0 Å². The molecule has 0 aliphatic heterocycles. The van der Waals surface area contributed by atoms with Crippen molar-refractivity contribution in [1.82, 2.24) is 10.3 Å². The van der Waals surface area contributed by atoms with Crippen LogP contribution in [0.1, 0.15) is 48.5 Å². The minimum absolute atomic E-state index is 0.0213. The first-order chi connectivity index (χ1) is 12.1. The van der Waals surface area contributed by atoms with Gasteiger partial charge in [0.05, 0.1) is 11.7 Å². The van der Waals surface area contributed by atoms with Gasteiger partial charge in [0.2, 0.25) is 5.91 Å². The quantitative estimate of drug-likeness (QED) is 0.879. The van der Waals surface area contributed by atoms with E-state index < -0.39 is 0 Å². The zero-order chi connectivity index (χ0) is 17.6. The predicted molar refractivity (Wildman–Crippen MR) is 99.9 cm³/mol. The smallest absolute Gasteiger partial charge is 0.223 e. The molecule has 1 aliphatic rings. The van der Waals surface area contributed by atoms with E-state index in [2.05, 4.69) is 41.5 Å². The number of carbonyl (C=O) groups excluding carboxylic acids is 1. The number of hydrogen-bond acceptors (Lipinski definition) is 3. The maximum atomic E-state index is 12.8. The minimum Gasteiger partial charge on any atom is -0.347 e. The summed E-state index contributed by atoms with van der Waals surface area (Å²) in [4.78, 5) is 17.2. The molecule has 1 aromatic carbocycles. The lowest BCUT2D eigenvalue weighted by atomic mass is 9.85. The Hall–Kier alpha value is -2.20. The Balaban J connectivity index is 1.74. The second-order valence-electron chi connectivity index (χ2n) is 7.13. The maximum Gasteiger partial charge on any atom is 0.223 e. The van der Waals surface area contributed by atoms with Crippen LogP contribution in [0.25, 0.3) is 0 Å². The van der Waals surface area contributed by atoms with Crippen LogP contribution in [0, 0.1) is 12.8 Å². The molecule has 25 heavy (non-hydrogen) atoms. The highest BCUT2D eigenvalue weighted by Crippen LogP contribution is 2.25. The van der Waals surface area contributed by atoms with E-state index in [9.17, 15) is 4.79 Å². The van der Waals surface area contributed by atoms with E-state index in [1.165, 1.54) is 11.1 Å². The number of aryl methyl sites for hydroxylation is 1. The SMILES string of the molecule is Cc1ccc(CC(NC(=O)C2CCCC(N)C2)c2ccccn2)cc1. The van der Waals surface area contributed by atoms with Crippen molar-refractivity contribution in [1.29, 1.82) is 0 Å². The van der Waals surface area contributed by atoms with Gasteiger partial charge in [0.25, 0.3) is 0 Å². The van der Waals surface area contributed by atoms with Gasteiger partial charge in [-0.3, -0.25) is 9.78 Å². The first-order valence-electron chi connectivity index (χ1n) is 9.14. The van der Waals surface area contributed by atoms with Crippen molar-refractivity contribution in [2.75, 3.05) is 0 Å². The van der Waals surface area contributed by atoms with Crippen LogP contribution in [0.2, 0.25) is 0 Å². The van der Waals surface area contributed by atoms with Gasteiger partial charge in [-0.2, -0.15) is 0 Å². The number of rotatable bonds is 5. The van der Waals surface area contributed by atoms with Gasteiger partial charge in [0.1, 0.15) is 0 Å². The number of amides is 1.